The number of guanidine groups is 1. The minimum atomic E-state index is 0. The van der Waals surface area contributed by atoms with Crippen LogP contribution in [0.1, 0.15) is 36.0 Å². The normalized spacial score (nSPS) is 14.8. The second-order valence-electron chi connectivity index (χ2n) is 7.55. The topological polar surface area (TPSA) is 48.9 Å². The molecular formula is C24H35IN4O. The summed E-state index contributed by atoms with van der Waals surface area (Å²) < 4.78 is 5.81. The van der Waals surface area contributed by atoms with Gasteiger partial charge >= 0.3 is 0 Å². The molecule has 1 heterocycles. The molecule has 5 nitrogen and oxygen atoms in total. The summed E-state index contributed by atoms with van der Waals surface area (Å²) in [5, 5.41) is 6.82. The maximum Gasteiger partial charge on any atom is 0.191 e. The van der Waals surface area contributed by atoms with Crippen molar-refractivity contribution < 1.29 is 4.74 Å². The third-order valence-corrected chi connectivity index (χ3v) is 5.26. The van der Waals surface area contributed by atoms with Crippen LogP contribution in [0.4, 0.5) is 0 Å². The first-order valence-electron chi connectivity index (χ1n) is 10.7. The summed E-state index contributed by atoms with van der Waals surface area (Å²) in [6.07, 6.45) is 4.05. The molecule has 30 heavy (non-hydrogen) atoms. The van der Waals surface area contributed by atoms with Crippen LogP contribution in [0, 0.1) is 0 Å². The largest absolute Gasteiger partial charge is 0.372 e. The number of hydrogen-bond donors (Lipinski definition) is 2. The molecule has 0 amide bonds. The summed E-state index contributed by atoms with van der Waals surface area (Å²) in [7, 11) is 1.82. The molecule has 0 atom stereocenters. The van der Waals surface area contributed by atoms with Crippen molar-refractivity contribution in [1.82, 2.24) is 15.5 Å². The molecule has 6 heteroatoms. The van der Waals surface area contributed by atoms with Crippen molar-refractivity contribution in [2.75, 3.05) is 33.2 Å². The molecule has 0 spiro atoms. The van der Waals surface area contributed by atoms with Gasteiger partial charge in [-0.3, -0.25) is 4.99 Å². The van der Waals surface area contributed by atoms with Crippen LogP contribution in [0.2, 0.25) is 0 Å². The molecule has 1 saturated heterocycles. The molecule has 0 aromatic heterocycles. The highest BCUT2D eigenvalue weighted by atomic mass is 127. The lowest BCUT2D eigenvalue weighted by Crippen LogP contribution is -2.42. The molecule has 0 radical (unpaired) electrons. The Balaban J connectivity index is 0.00000320. The van der Waals surface area contributed by atoms with E-state index in [9.17, 15) is 0 Å². The van der Waals surface area contributed by atoms with Crippen molar-refractivity contribution in [3.05, 3.63) is 71.3 Å². The number of aliphatic imine (C=N–C) groups is 1. The van der Waals surface area contributed by atoms with Gasteiger partial charge < -0.3 is 20.3 Å². The van der Waals surface area contributed by atoms with Crippen LogP contribution in [0.25, 0.3) is 0 Å². The summed E-state index contributed by atoms with van der Waals surface area (Å²) >= 11 is 0. The highest BCUT2D eigenvalue weighted by molar-refractivity contribution is 14.0. The van der Waals surface area contributed by atoms with Crippen LogP contribution >= 0.6 is 24.0 Å². The zero-order chi connectivity index (χ0) is 20.2. The van der Waals surface area contributed by atoms with Crippen LogP contribution in [-0.4, -0.2) is 44.1 Å². The fourth-order valence-electron chi connectivity index (χ4n) is 3.54. The van der Waals surface area contributed by atoms with Crippen molar-refractivity contribution in [3.63, 3.8) is 0 Å². The standard InChI is InChI=1S/C24H34N4O.HI/c1-25-24(26-14-17-28-15-6-3-7-16-28)27-18-21-10-12-23(13-11-21)20-29-19-22-8-4-2-5-9-22;/h2,4-5,8-13H,3,6-7,14-20H2,1H3,(H2,25,26,27);1H. The zero-order valence-electron chi connectivity index (χ0n) is 18.0. The van der Waals surface area contributed by atoms with Crippen molar-refractivity contribution in [2.45, 2.75) is 39.0 Å². The Bertz CT molecular complexity index is 731. The van der Waals surface area contributed by atoms with E-state index in [-0.39, 0.29) is 24.0 Å². The fourth-order valence-corrected chi connectivity index (χ4v) is 3.54. The lowest BCUT2D eigenvalue weighted by Gasteiger charge is -2.26. The number of nitrogens with zero attached hydrogens (tertiary/aromatic N) is 2. The average molecular weight is 522 g/mol. The van der Waals surface area contributed by atoms with Crippen molar-refractivity contribution in [3.8, 4) is 0 Å². The van der Waals surface area contributed by atoms with Gasteiger partial charge in [0.25, 0.3) is 0 Å². The van der Waals surface area contributed by atoms with E-state index in [0.29, 0.717) is 13.2 Å². The average Bonchev–Trinajstić information content (AvgIpc) is 2.78. The number of hydrogen-bond acceptors (Lipinski definition) is 3. The molecule has 1 aliphatic rings. The number of rotatable bonds is 9. The van der Waals surface area contributed by atoms with E-state index < -0.39 is 0 Å². The molecule has 3 rings (SSSR count). The maximum atomic E-state index is 5.81. The Labute approximate surface area is 198 Å². The Morgan fingerprint density at radius 1 is 0.867 bits per heavy atom. The highest BCUT2D eigenvalue weighted by Crippen LogP contribution is 2.09. The van der Waals surface area contributed by atoms with Gasteiger partial charge in [0.15, 0.2) is 5.96 Å². The molecule has 0 bridgehead atoms. The van der Waals surface area contributed by atoms with Gasteiger partial charge in [-0.1, -0.05) is 61.0 Å². The van der Waals surface area contributed by atoms with Crippen molar-refractivity contribution in [1.29, 1.82) is 0 Å². The van der Waals surface area contributed by atoms with Crippen LogP contribution in [-0.2, 0) is 24.5 Å². The zero-order valence-corrected chi connectivity index (χ0v) is 20.3. The summed E-state index contributed by atoms with van der Waals surface area (Å²) in [4.78, 5) is 6.86. The molecule has 2 aromatic rings. The van der Waals surface area contributed by atoms with Crippen LogP contribution in [0.3, 0.4) is 0 Å². The minimum absolute atomic E-state index is 0. The highest BCUT2D eigenvalue weighted by Gasteiger charge is 2.09. The summed E-state index contributed by atoms with van der Waals surface area (Å²) in [5.74, 6) is 0.859. The summed E-state index contributed by atoms with van der Waals surface area (Å²) in [6, 6.07) is 18.8. The first kappa shape index (κ1) is 24.6. The van der Waals surface area contributed by atoms with E-state index in [1.54, 1.807) is 0 Å². The Hall–Kier alpha value is -1.64. The van der Waals surface area contributed by atoms with Gasteiger partial charge in [-0.15, -0.1) is 24.0 Å². The number of piperidine rings is 1. The van der Waals surface area contributed by atoms with Gasteiger partial charge in [-0.05, 0) is 42.6 Å². The smallest absolute Gasteiger partial charge is 0.191 e. The molecule has 1 aliphatic heterocycles. The van der Waals surface area contributed by atoms with Gasteiger partial charge in [0.05, 0.1) is 13.2 Å². The van der Waals surface area contributed by atoms with E-state index >= 15 is 0 Å². The minimum Gasteiger partial charge on any atom is -0.372 e. The summed E-state index contributed by atoms with van der Waals surface area (Å²) in [6.45, 7) is 6.50. The Morgan fingerprint density at radius 3 is 2.17 bits per heavy atom. The molecule has 0 saturated carbocycles. The van der Waals surface area contributed by atoms with Crippen molar-refractivity contribution >= 4 is 29.9 Å². The number of likely N-dealkylation sites (tertiary alicyclic amines) is 1. The van der Waals surface area contributed by atoms with E-state index in [1.165, 1.54) is 49.0 Å². The Morgan fingerprint density at radius 2 is 1.50 bits per heavy atom. The second-order valence-corrected chi connectivity index (χ2v) is 7.55. The lowest BCUT2D eigenvalue weighted by atomic mass is 10.1. The molecule has 2 aromatic carbocycles. The fraction of sp³-hybridized carbons (Fsp3) is 0.458. The number of nitrogens with one attached hydrogen (secondary N) is 2. The molecule has 0 aliphatic carbocycles. The van der Waals surface area contributed by atoms with Gasteiger partial charge in [0.2, 0.25) is 0 Å². The van der Waals surface area contributed by atoms with E-state index in [0.717, 1.165) is 25.6 Å². The van der Waals surface area contributed by atoms with Crippen LogP contribution in [0.5, 0.6) is 0 Å². The van der Waals surface area contributed by atoms with Gasteiger partial charge in [0, 0.05) is 26.7 Å². The number of halogens is 1. The SMILES string of the molecule is CN=C(NCCN1CCCCC1)NCc1ccc(COCc2ccccc2)cc1.I. The Kier molecular flexibility index (Phi) is 11.8. The molecular weight excluding hydrogens is 487 g/mol. The predicted octanol–water partition coefficient (Wildman–Crippen LogP) is 4.17. The number of benzene rings is 2. The van der Waals surface area contributed by atoms with Crippen LogP contribution in [0.15, 0.2) is 59.6 Å². The predicted molar refractivity (Wildman–Crippen MR) is 135 cm³/mol. The van der Waals surface area contributed by atoms with Crippen molar-refractivity contribution in [2.24, 2.45) is 4.99 Å². The van der Waals surface area contributed by atoms with Gasteiger partial charge in [-0.25, -0.2) is 0 Å². The van der Waals surface area contributed by atoms with Crippen LogP contribution < -0.4 is 10.6 Å². The van der Waals surface area contributed by atoms with E-state index in [2.05, 4.69) is 56.9 Å². The number of ether oxygens (including phenoxy) is 1. The van der Waals surface area contributed by atoms with E-state index in [1.807, 2.05) is 25.2 Å². The summed E-state index contributed by atoms with van der Waals surface area (Å²) in [5.41, 5.74) is 3.62. The monoisotopic (exact) mass is 522 g/mol. The first-order valence-corrected chi connectivity index (χ1v) is 10.7. The molecule has 1 fully saturated rings. The molecule has 0 unspecified atom stereocenters. The first-order chi connectivity index (χ1) is 14.3. The maximum absolute atomic E-state index is 5.81. The van der Waals surface area contributed by atoms with E-state index in [4.69, 9.17) is 4.74 Å². The lowest BCUT2D eigenvalue weighted by molar-refractivity contribution is 0.107. The molecule has 164 valence electrons. The van der Waals surface area contributed by atoms with Gasteiger partial charge in [0.1, 0.15) is 0 Å². The molecule has 2 N–H and O–H groups in total. The van der Waals surface area contributed by atoms with Gasteiger partial charge in [-0.2, -0.15) is 0 Å². The quantitative estimate of drug-likeness (QED) is 0.295. The second kappa shape index (κ2) is 14.4. The third-order valence-electron chi connectivity index (χ3n) is 5.26. The third kappa shape index (κ3) is 9.02.